The second kappa shape index (κ2) is 8.60. The fourth-order valence-corrected chi connectivity index (χ4v) is 5.77. The molecule has 0 aliphatic carbocycles. The lowest BCUT2D eigenvalue weighted by Crippen LogP contribution is -2.51. The first-order valence-corrected chi connectivity index (χ1v) is 11.8. The van der Waals surface area contributed by atoms with Gasteiger partial charge in [0.05, 0.1) is 18.9 Å². The van der Waals surface area contributed by atoms with E-state index in [2.05, 4.69) is 26.8 Å². The number of aryl methyl sites for hydroxylation is 1. The van der Waals surface area contributed by atoms with Crippen LogP contribution in [0.25, 0.3) is 0 Å². The molecule has 0 spiro atoms. The monoisotopic (exact) mass is 474 g/mol. The van der Waals surface area contributed by atoms with Crippen LogP contribution >= 0.6 is 0 Å². The van der Waals surface area contributed by atoms with Gasteiger partial charge in [-0.25, -0.2) is 23.4 Å². The van der Waals surface area contributed by atoms with Crippen molar-refractivity contribution in [2.24, 2.45) is 7.05 Å². The Kier molecular flexibility index (Phi) is 6.16. The van der Waals surface area contributed by atoms with Gasteiger partial charge in [0.25, 0.3) is 10.0 Å². The maximum Gasteiger partial charge on any atom is 0.433 e. The third kappa shape index (κ3) is 4.59. The zero-order chi connectivity index (χ0) is 23.1. The van der Waals surface area contributed by atoms with Crippen molar-refractivity contribution in [1.29, 1.82) is 0 Å². The fourth-order valence-electron chi connectivity index (χ4n) is 4.33. The standard InChI is InChI=1S/C19H25F3N6O3S/c1-13-5-3-4-6-28(13)14-8-27(32(29,30)18-10-26(2)12-25-18)9-15(14)31-17-7-16(19(20,21)22)23-11-24-17/h7,10-15H,3-6,8-9H2,1-2H3/t13?,14-,15-/m1/s1. The summed E-state index contributed by atoms with van der Waals surface area (Å²) in [6, 6.07) is 0.619. The lowest BCUT2D eigenvalue weighted by atomic mass is 10.00. The smallest absolute Gasteiger partial charge is 0.433 e. The highest BCUT2D eigenvalue weighted by atomic mass is 32.2. The largest absolute Gasteiger partial charge is 0.471 e. The van der Waals surface area contributed by atoms with Crippen LogP contribution in [0, 0.1) is 0 Å². The number of nitrogens with zero attached hydrogens (tertiary/aromatic N) is 6. The summed E-state index contributed by atoms with van der Waals surface area (Å²) in [5, 5.41) is -0.0764. The molecule has 13 heteroatoms. The highest BCUT2D eigenvalue weighted by molar-refractivity contribution is 7.89. The van der Waals surface area contributed by atoms with Crippen molar-refractivity contribution < 1.29 is 26.3 Å². The van der Waals surface area contributed by atoms with Crippen LogP contribution in [-0.2, 0) is 23.2 Å². The van der Waals surface area contributed by atoms with Gasteiger partial charge in [-0.3, -0.25) is 4.90 Å². The Bertz CT molecular complexity index is 1060. The molecule has 9 nitrogen and oxygen atoms in total. The number of hydrogen-bond donors (Lipinski definition) is 0. The topological polar surface area (TPSA) is 93.5 Å². The molecule has 0 bridgehead atoms. The number of rotatable bonds is 5. The van der Waals surface area contributed by atoms with Gasteiger partial charge in [0.2, 0.25) is 5.88 Å². The average molecular weight is 475 g/mol. The van der Waals surface area contributed by atoms with Crippen molar-refractivity contribution in [2.45, 2.75) is 55.6 Å². The Balaban J connectivity index is 1.62. The predicted molar refractivity (Wildman–Crippen MR) is 107 cm³/mol. The van der Waals surface area contributed by atoms with E-state index in [4.69, 9.17) is 4.74 Å². The normalized spacial score (nSPS) is 25.8. The third-order valence-electron chi connectivity index (χ3n) is 5.97. The Morgan fingerprint density at radius 1 is 1.16 bits per heavy atom. The SMILES string of the molecule is CC1CCCCN1[C@@H]1CN(S(=O)(=O)c2cn(C)cn2)C[C@H]1Oc1cc(C(F)(F)F)ncn1. The molecule has 2 fully saturated rings. The minimum atomic E-state index is -4.63. The van der Waals surface area contributed by atoms with Gasteiger partial charge < -0.3 is 9.30 Å². The minimum Gasteiger partial charge on any atom is -0.471 e. The molecule has 3 atom stereocenters. The van der Waals surface area contributed by atoms with Crippen molar-refractivity contribution in [2.75, 3.05) is 19.6 Å². The van der Waals surface area contributed by atoms with Gasteiger partial charge in [-0.15, -0.1) is 0 Å². The molecule has 0 radical (unpaired) electrons. The number of ether oxygens (including phenoxy) is 1. The number of piperidine rings is 1. The van der Waals surface area contributed by atoms with Crippen LogP contribution in [0.2, 0.25) is 0 Å². The summed E-state index contributed by atoms with van der Waals surface area (Å²) in [6.07, 6.45) is 1.30. The van der Waals surface area contributed by atoms with Gasteiger partial charge >= 0.3 is 6.18 Å². The molecule has 2 aliphatic heterocycles. The first kappa shape index (κ1) is 22.9. The molecule has 2 aromatic heterocycles. The molecular formula is C19H25F3N6O3S. The van der Waals surface area contributed by atoms with E-state index in [1.807, 2.05) is 0 Å². The Morgan fingerprint density at radius 3 is 2.59 bits per heavy atom. The van der Waals surface area contributed by atoms with Crippen molar-refractivity contribution in [3.05, 3.63) is 30.6 Å². The second-order valence-electron chi connectivity index (χ2n) is 8.24. The number of sulfonamides is 1. The van der Waals surface area contributed by atoms with Crippen molar-refractivity contribution in [3.63, 3.8) is 0 Å². The summed E-state index contributed by atoms with van der Waals surface area (Å²) in [5.74, 6) is -0.232. The first-order valence-electron chi connectivity index (χ1n) is 10.4. The van der Waals surface area contributed by atoms with Gasteiger partial charge in [0, 0.05) is 31.9 Å². The summed E-state index contributed by atoms with van der Waals surface area (Å²) in [7, 11) is -2.21. The van der Waals surface area contributed by atoms with Crippen molar-refractivity contribution in [3.8, 4) is 5.88 Å². The number of halogens is 3. The van der Waals surface area contributed by atoms with Crippen LogP contribution in [0.4, 0.5) is 13.2 Å². The molecule has 2 aromatic rings. The van der Waals surface area contributed by atoms with E-state index in [1.54, 1.807) is 11.6 Å². The Hall–Kier alpha value is -2.25. The van der Waals surface area contributed by atoms with Crippen LogP contribution in [-0.4, -0.2) is 75.0 Å². The molecule has 0 amide bonds. The minimum absolute atomic E-state index is 0.0157. The van der Waals surface area contributed by atoms with Gasteiger partial charge in [-0.05, 0) is 26.3 Å². The molecule has 4 rings (SSSR count). The summed E-state index contributed by atoms with van der Waals surface area (Å²) in [6.45, 7) is 2.97. The number of hydrogen-bond acceptors (Lipinski definition) is 7. The highest BCUT2D eigenvalue weighted by Gasteiger charge is 2.46. The third-order valence-corrected chi connectivity index (χ3v) is 7.69. The predicted octanol–water partition coefficient (Wildman–Crippen LogP) is 1.92. The van der Waals surface area contributed by atoms with Crippen molar-refractivity contribution >= 4 is 10.0 Å². The number of aromatic nitrogens is 4. The summed E-state index contributed by atoms with van der Waals surface area (Å²) < 4.78 is 74.2. The van der Waals surface area contributed by atoms with Crippen LogP contribution < -0.4 is 4.74 Å². The van der Waals surface area contributed by atoms with E-state index < -0.39 is 28.0 Å². The summed E-state index contributed by atoms with van der Waals surface area (Å²) in [5.41, 5.74) is -1.11. The maximum atomic E-state index is 13.1. The van der Waals surface area contributed by atoms with E-state index in [9.17, 15) is 21.6 Å². The van der Waals surface area contributed by atoms with E-state index >= 15 is 0 Å². The van der Waals surface area contributed by atoms with E-state index in [1.165, 1.54) is 16.8 Å². The van der Waals surface area contributed by atoms with Crippen LogP contribution in [0.5, 0.6) is 5.88 Å². The van der Waals surface area contributed by atoms with E-state index in [-0.39, 0.29) is 36.1 Å². The van der Waals surface area contributed by atoms with Crippen molar-refractivity contribution in [1.82, 2.24) is 28.7 Å². The average Bonchev–Trinajstić information content (AvgIpc) is 3.35. The second-order valence-corrected chi connectivity index (χ2v) is 10.1. The van der Waals surface area contributed by atoms with Gasteiger partial charge in [0.1, 0.15) is 12.4 Å². The molecule has 0 N–H and O–H groups in total. The highest BCUT2D eigenvalue weighted by Crippen LogP contribution is 2.32. The maximum absolute atomic E-state index is 13.1. The molecule has 4 heterocycles. The van der Waals surface area contributed by atoms with E-state index in [0.29, 0.717) is 0 Å². The first-order chi connectivity index (χ1) is 15.1. The molecule has 2 saturated heterocycles. The fraction of sp³-hybridized carbons (Fsp3) is 0.632. The van der Waals surface area contributed by atoms with E-state index in [0.717, 1.165) is 38.2 Å². The van der Waals surface area contributed by atoms with Crippen LogP contribution in [0.1, 0.15) is 31.9 Å². The molecule has 0 saturated carbocycles. The zero-order valence-corrected chi connectivity index (χ0v) is 18.6. The lowest BCUT2D eigenvalue weighted by molar-refractivity contribution is -0.141. The molecular weight excluding hydrogens is 449 g/mol. The zero-order valence-electron chi connectivity index (χ0n) is 17.7. The summed E-state index contributed by atoms with van der Waals surface area (Å²) in [4.78, 5) is 13.2. The number of likely N-dealkylation sites (tertiary alicyclic amines) is 1. The molecule has 32 heavy (non-hydrogen) atoms. The van der Waals surface area contributed by atoms with Crippen LogP contribution in [0.3, 0.4) is 0 Å². The van der Waals surface area contributed by atoms with Gasteiger partial charge in [-0.2, -0.15) is 17.5 Å². The molecule has 0 aromatic carbocycles. The molecule has 2 aliphatic rings. The van der Waals surface area contributed by atoms with Gasteiger partial charge in [-0.1, -0.05) is 6.42 Å². The number of imidazole rings is 1. The Morgan fingerprint density at radius 2 is 1.94 bits per heavy atom. The van der Waals surface area contributed by atoms with Crippen LogP contribution in [0.15, 0.2) is 29.9 Å². The summed E-state index contributed by atoms with van der Waals surface area (Å²) >= 11 is 0. The van der Waals surface area contributed by atoms with Gasteiger partial charge in [0.15, 0.2) is 10.7 Å². The number of alkyl halides is 3. The Labute approximate surface area is 184 Å². The lowest BCUT2D eigenvalue weighted by Gasteiger charge is -2.39. The molecule has 176 valence electrons. The molecule has 1 unspecified atom stereocenters. The quantitative estimate of drug-likeness (QED) is 0.654.